The van der Waals surface area contributed by atoms with Crippen LogP contribution in [0.2, 0.25) is 0 Å². The maximum absolute atomic E-state index is 5.24. The summed E-state index contributed by atoms with van der Waals surface area (Å²) in [7, 11) is 1.66. The summed E-state index contributed by atoms with van der Waals surface area (Å²) in [4.78, 5) is 9.11. The van der Waals surface area contributed by atoms with Crippen molar-refractivity contribution in [2.45, 2.75) is 27.2 Å². The summed E-state index contributed by atoms with van der Waals surface area (Å²) in [5.41, 5.74) is 1.96. The third-order valence-corrected chi connectivity index (χ3v) is 3.19. The van der Waals surface area contributed by atoms with Crippen molar-refractivity contribution in [1.82, 2.24) is 9.97 Å². The van der Waals surface area contributed by atoms with Crippen LogP contribution in [-0.4, -0.2) is 23.6 Å². The molecule has 0 fully saturated rings. The second-order valence-electron chi connectivity index (χ2n) is 4.70. The van der Waals surface area contributed by atoms with E-state index in [-0.39, 0.29) is 0 Å². The summed E-state index contributed by atoms with van der Waals surface area (Å²) in [5.74, 6) is 3.34. The fourth-order valence-electron chi connectivity index (χ4n) is 2.02. The van der Waals surface area contributed by atoms with Crippen LogP contribution in [0.25, 0.3) is 0 Å². The Morgan fingerprint density at radius 3 is 2.57 bits per heavy atom. The van der Waals surface area contributed by atoms with Crippen molar-refractivity contribution in [2.75, 3.05) is 24.3 Å². The van der Waals surface area contributed by atoms with Crippen LogP contribution in [0.3, 0.4) is 0 Å². The summed E-state index contributed by atoms with van der Waals surface area (Å²) in [5, 5.41) is 6.63. The highest BCUT2D eigenvalue weighted by Crippen LogP contribution is 2.25. The van der Waals surface area contributed by atoms with Crippen molar-refractivity contribution in [3.05, 3.63) is 35.7 Å². The van der Waals surface area contributed by atoms with Crippen LogP contribution in [-0.2, 0) is 6.42 Å². The smallest absolute Gasteiger partial charge is 0.139 e. The lowest BCUT2D eigenvalue weighted by Gasteiger charge is -2.14. The van der Waals surface area contributed by atoms with Crippen LogP contribution in [0.5, 0.6) is 5.75 Å². The molecule has 0 spiro atoms. The number of ether oxygens (including phenoxy) is 1. The molecule has 2 N–H and O–H groups in total. The normalized spacial score (nSPS) is 10.3. The predicted octanol–water partition coefficient (Wildman–Crippen LogP) is 3.53. The van der Waals surface area contributed by atoms with Crippen molar-refractivity contribution < 1.29 is 4.74 Å². The standard InChI is InChI=1S/C16H22N4O/c1-5-14-19-15(17-6-2)11(3)16(20-14)18-12-8-7-9-13(10-12)21-4/h7-10H,5-6H2,1-4H3,(H2,17,18,19,20). The number of benzene rings is 1. The van der Waals surface area contributed by atoms with Crippen molar-refractivity contribution >= 4 is 17.3 Å². The lowest BCUT2D eigenvalue weighted by molar-refractivity contribution is 0.415. The van der Waals surface area contributed by atoms with Gasteiger partial charge in [-0.2, -0.15) is 0 Å². The first-order chi connectivity index (χ1) is 10.2. The zero-order valence-electron chi connectivity index (χ0n) is 13.0. The average Bonchev–Trinajstić information content (AvgIpc) is 2.51. The maximum Gasteiger partial charge on any atom is 0.139 e. The molecule has 0 aliphatic carbocycles. The molecule has 0 saturated heterocycles. The van der Waals surface area contributed by atoms with E-state index in [1.807, 2.05) is 31.2 Å². The fourth-order valence-corrected chi connectivity index (χ4v) is 2.02. The molecule has 21 heavy (non-hydrogen) atoms. The van der Waals surface area contributed by atoms with Crippen LogP contribution in [0.4, 0.5) is 17.3 Å². The van der Waals surface area contributed by atoms with Gasteiger partial charge in [0.25, 0.3) is 0 Å². The van der Waals surface area contributed by atoms with Gasteiger partial charge in [0.2, 0.25) is 0 Å². The van der Waals surface area contributed by atoms with Gasteiger partial charge in [-0.15, -0.1) is 0 Å². The Bertz CT molecular complexity index is 613. The van der Waals surface area contributed by atoms with E-state index in [4.69, 9.17) is 4.74 Å². The molecule has 1 aromatic heterocycles. The Morgan fingerprint density at radius 2 is 1.90 bits per heavy atom. The molecule has 0 saturated carbocycles. The molecule has 0 atom stereocenters. The molecule has 2 aromatic rings. The SMILES string of the molecule is CCNc1nc(CC)nc(Nc2cccc(OC)c2)c1C. The van der Waals surface area contributed by atoms with E-state index in [0.717, 1.165) is 47.4 Å². The number of anilines is 3. The molecule has 1 aromatic carbocycles. The molecule has 2 rings (SSSR count). The minimum atomic E-state index is 0.797. The maximum atomic E-state index is 5.24. The predicted molar refractivity (Wildman–Crippen MR) is 86.6 cm³/mol. The topological polar surface area (TPSA) is 59.1 Å². The summed E-state index contributed by atoms with van der Waals surface area (Å²) >= 11 is 0. The van der Waals surface area contributed by atoms with E-state index in [1.165, 1.54) is 0 Å². The average molecular weight is 286 g/mol. The van der Waals surface area contributed by atoms with Crippen molar-refractivity contribution in [3.63, 3.8) is 0 Å². The van der Waals surface area contributed by atoms with Gasteiger partial charge in [-0.25, -0.2) is 9.97 Å². The highest BCUT2D eigenvalue weighted by molar-refractivity contribution is 5.65. The minimum Gasteiger partial charge on any atom is -0.497 e. The second kappa shape index (κ2) is 6.92. The third-order valence-electron chi connectivity index (χ3n) is 3.19. The molecular formula is C16H22N4O. The zero-order valence-corrected chi connectivity index (χ0v) is 13.0. The van der Waals surface area contributed by atoms with Gasteiger partial charge in [0, 0.05) is 30.3 Å². The number of aromatic nitrogens is 2. The molecule has 1 heterocycles. The number of aryl methyl sites for hydroxylation is 1. The van der Waals surface area contributed by atoms with Crippen LogP contribution in [0.15, 0.2) is 24.3 Å². The van der Waals surface area contributed by atoms with Crippen molar-refractivity contribution in [1.29, 1.82) is 0 Å². The first kappa shape index (κ1) is 15.1. The minimum absolute atomic E-state index is 0.797. The molecule has 5 nitrogen and oxygen atoms in total. The van der Waals surface area contributed by atoms with E-state index in [9.17, 15) is 0 Å². The lowest BCUT2D eigenvalue weighted by atomic mass is 10.2. The number of hydrogen-bond acceptors (Lipinski definition) is 5. The van der Waals surface area contributed by atoms with Gasteiger partial charge in [0.1, 0.15) is 23.2 Å². The van der Waals surface area contributed by atoms with E-state index in [1.54, 1.807) is 7.11 Å². The number of nitrogens with one attached hydrogen (secondary N) is 2. The van der Waals surface area contributed by atoms with Crippen LogP contribution >= 0.6 is 0 Å². The van der Waals surface area contributed by atoms with Gasteiger partial charge in [-0.3, -0.25) is 0 Å². The monoisotopic (exact) mass is 286 g/mol. The van der Waals surface area contributed by atoms with E-state index >= 15 is 0 Å². The Kier molecular flexibility index (Phi) is 4.98. The van der Waals surface area contributed by atoms with Crippen molar-refractivity contribution in [2.24, 2.45) is 0 Å². The Morgan fingerprint density at radius 1 is 1.14 bits per heavy atom. The highest BCUT2D eigenvalue weighted by Gasteiger charge is 2.10. The van der Waals surface area contributed by atoms with E-state index in [2.05, 4.69) is 34.4 Å². The molecule has 0 amide bonds. The molecule has 5 heteroatoms. The first-order valence-corrected chi connectivity index (χ1v) is 7.20. The molecule has 0 aliphatic heterocycles. The Balaban J connectivity index is 2.35. The Labute approximate surface area is 125 Å². The number of nitrogens with zero attached hydrogens (tertiary/aromatic N) is 2. The number of methoxy groups -OCH3 is 1. The Hall–Kier alpha value is -2.30. The summed E-state index contributed by atoms with van der Waals surface area (Å²) in [6.45, 7) is 6.96. The largest absolute Gasteiger partial charge is 0.497 e. The second-order valence-corrected chi connectivity index (χ2v) is 4.70. The van der Waals surface area contributed by atoms with Crippen LogP contribution < -0.4 is 15.4 Å². The van der Waals surface area contributed by atoms with Crippen molar-refractivity contribution in [3.8, 4) is 5.75 Å². The van der Waals surface area contributed by atoms with E-state index < -0.39 is 0 Å². The molecule has 0 unspecified atom stereocenters. The molecule has 0 aliphatic rings. The van der Waals surface area contributed by atoms with E-state index in [0.29, 0.717) is 0 Å². The number of hydrogen-bond donors (Lipinski definition) is 2. The fraction of sp³-hybridized carbons (Fsp3) is 0.375. The third kappa shape index (κ3) is 3.62. The zero-order chi connectivity index (χ0) is 15.2. The lowest BCUT2D eigenvalue weighted by Crippen LogP contribution is -2.09. The molecule has 112 valence electrons. The van der Waals surface area contributed by atoms with Gasteiger partial charge < -0.3 is 15.4 Å². The van der Waals surface area contributed by atoms with Gasteiger partial charge in [0.15, 0.2) is 0 Å². The highest BCUT2D eigenvalue weighted by atomic mass is 16.5. The molecular weight excluding hydrogens is 264 g/mol. The number of rotatable bonds is 6. The summed E-state index contributed by atoms with van der Waals surface area (Å²) in [6.07, 6.45) is 0.797. The van der Waals surface area contributed by atoms with Crippen LogP contribution in [0, 0.1) is 6.92 Å². The van der Waals surface area contributed by atoms with Gasteiger partial charge in [-0.1, -0.05) is 13.0 Å². The first-order valence-electron chi connectivity index (χ1n) is 7.20. The van der Waals surface area contributed by atoms with Gasteiger partial charge >= 0.3 is 0 Å². The van der Waals surface area contributed by atoms with Gasteiger partial charge in [0.05, 0.1) is 7.11 Å². The molecule has 0 radical (unpaired) electrons. The summed E-state index contributed by atoms with van der Waals surface area (Å²) in [6, 6.07) is 7.80. The van der Waals surface area contributed by atoms with Gasteiger partial charge in [-0.05, 0) is 26.0 Å². The molecule has 0 bridgehead atoms. The van der Waals surface area contributed by atoms with Crippen LogP contribution in [0.1, 0.15) is 25.2 Å². The summed E-state index contributed by atoms with van der Waals surface area (Å²) < 4.78 is 5.24. The quantitative estimate of drug-likeness (QED) is 0.850.